The highest BCUT2D eigenvalue weighted by molar-refractivity contribution is 6.09. The average Bonchev–Trinajstić information content (AvgIpc) is 2.75. The Kier molecular flexibility index (Phi) is 7.32. The first-order chi connectivity index (χ1) is 14.6. The average molecular weight is 437 g/mol. The quantitative estimate of drug-likeness (QED) is 0.244. The van der Waals surface area contributed by atoms with E-state index in [1.54, 1.807) is 0 Å². The predicted molar refractivity (Wildman–Crippen MR) is 128 cm³/mol. The van der Waals surface area contributed by atoms with Gasteiger partial charge in [-0.25, -0.2) is 4.98 Å². The fourth-order valence-electron chi connectivity index (χ4n) is 3.54. The summed E-state index contributed by atoms with van der Waals surface area (Å²) in [5.41, 5.74) is 5.12. The molecule has 0 aliphatic rings. The molecule has 0 spiro atoms. The Labute approximate surface area is 187 Å². The number of nitrogens with one attached hydrogen (secondary N) is 1. The fourth-order valence-corrected chi connectivity index (χ4v) is 3.54. The SMILES string of the molecule is Cc1cccc2c(Nc3ccc(OCCCCC(=O)O)cc3)c3ccccc3nc12.Cl. The number of anilines is 2. The van der Waals surface area contributed by atoms with E-state index in [4.69, 9.17) is 14.8 Å². The number of hydrogen-bond acceptors (Lipinski definition) is 4. The lowest BCUT2D eigenvalue weighted by atomic mass is 10.0. The van der Waals surface area contributed by atoms with Gasteiger partial charge >= 0.3 is 5.97 Å². The van der Waals surface area contributed by atoms with Crippen LogP contribution < -0.4 is 10.1 Å². The number of pyridine rings is 1. The number of benzene rings is 3. The molecule has 4 rings (SSSR count). The summed E-state index contributed by atoms with van der Waals surface area (Å²) in [5, 5.41) is 14.4. The van der Waals surface area contributed by atoms with Gasteiger partial charge in [0.1, 0.15) is 5.75 Å². The largest absolute Gasteiger partial charge is 0.494 e. The molecule has 0 saturated carbocycles. The molecule has 0 aliphatic heterocycles. The Bertz CT molecular complexity index is 1190. The maximum absolute atomic E-state index is 10.6. The minimum absolute atomic E-state index is 0. The zero-order chi connectivity index (χ0) is 20.9. The number of rotatable bonds is 8. The van der Waals surface area contributed by atoms with Crippen molar-refractivity contribution in [3.63, 3.8) is 0 Å². The van der Waals surface area contributed by atoms with Crippen LogP contribution in [0.3, 0.4) is 0 Å². The van der Waals surface area contributed by atoms with Gasteiger partial charge in [0.25, 0.3) is 0 Å². The summed E-state index contributed by atoms with van der Waals surface area (Å²) >= 11 is 0. The second-order valence-electron chi connectivity index (χ2n) is 7.32. The van der Waals surface area contributed by atoms with Crippen molar-refractivity contribution < 1.29 is 14.6 Å². The van der Waals surface area contributed by atoms with Crippen LogP contribution in [0.5, 0.6) is 5.75 Å². The van der Waals surface area contributed by atoms with Gasteiger partial charge in [-0.05, 0) is 55.7 Å². The van der Waals surface area contributed by atoms with Gasteiger partial charge in [0, 0.05) is 22.9 Å². The maximum atomic E-state index is 10.6. The molecule has 31 heavy (non-hydrogen) atoms. The number of fused-ring (bicyclic) bond motifs is 2. The Balaban J connectivity index is 0.00000272. The number of aryl methyl sites for hydroxylation is 1. The molecule has 2 N–H and O–H groups in total. The number of carbonyl (C=O) groups is 1. The number of nitrogens with zero attached hydrogens (tertiary/aromatic N) is 1. The number of ether oxygens (including phenoxy) is 1. The van der Waals surface area contributed by atoms with Crippen LogP contribution in [-0.4, -0.2) is 22.7 Å². The van der Waals surface area contributed by atoms with Gasteiger partial charge in [0.15, 0.2) is 0 Å². The van der Waals surface area contributed by atoms with Crippen LogP contribution in [0.2, 0.25) is 0 Å². The summed E-state index contributed by atoms with van der Waals surface area (Å²) < 4.78 is 5.72. The van der Waals surface area contributed by atoms with Gasteiger partial charge in [-0.3, -0.25) is 4.79 Å². The molecule has 3 aromatic carbocycles. The molecule has 0 amide bonds. The summed E-state index contributed by atoms with van der Waals surface area (Å²) in [6, 6.07) is 22.2. The van der Waals surface area contributed by atoms with E-state index in [1.807, 2.05) is 42.5 Å². The molecular formula is C25H25ClN2O3. The molecule has 1 aromatic heterocycles. The zero-order valence-electron chi connectivity index (χ0n) is 17.3. The van der Waals surface area contributed by atoms with E-state index in [1.165, 1.54) is 0 Å². The lowest BCUT2D eigenvalue weighted by Crippen LogP contribution is -2.00. The van der Waals surface area contributed by atoms with Crippen LogP contribution in [0.15, 0.2) is 66.7 Å². The van der Waals surface area contributed by atoms with Crippen LogP contribution in [0.1, 0.15) is 24.8 Å². The molecule has 160 valence electrons. The second-order valence-corrected chi connectivity index (χ2v) is 7.32. The number of carboxylic acid groups (broad SMARTS) is 1. The summed E-state index contributed by atoms with van der Waals surface area (Å²) in [5.74, 6) is 0.00736. The highest BCUT2D eigenvalue weighted by Crippen LogP contribution is 2.34. The molecule has 4 aromatic rings. The van der Waals surface area contributed by atoms with Crippen LogP contribution in [0.25, 0.3) is 21.8 Å². The number of carboxylic acids is 1. The van der Waals surface area contributed by atoms with Crippen LogP contribution in [0.4, 0.5) is 11.4 Å². The number of unbranched alkanes of at least 4 members (excludes halogenated alkanes) is 1. The van der Waals surface area contributed by atoms with Gasteiger partial charge in [-0.2, -0.15) is 0 Å². The van der Waals surface area contributed by atoms with E-state index < -0.39 is 5.97 Å². The lowest BCUT2D eigenvalue weighted by Gasteiger charge is -2.15. The van der Waals surface area contributed by atoms with Gasteiger partial charge in [0.05, 0.1) is 23.3 Å². The number of para-hydroxylation sites is 2. The third-order valence-corrected chi connectivity index (χ3v) is 5.09. The van der Waals surface area contributed by atoms with Gasteiger partial charge in [0.2, 0.25) is 0 Å². The Morgan fingerprint density at radius 1 is 0.968 bits per heavy atom. The second kappa shape index (κ2) is 10.1. The zero-order valence-corrected chi connectivity index (χ0v) is 18.1. The third kappa shape index (κ3) is 5.25. The van der Waals surface area contributed by atoms with Crippen molar-refractivity contribution in [3.8, 4) is 5.75 Å². The highest BCUT2D eigenvalue weighted by Gasteiger charge is 2.10. The maximum Gasteiger partial charge on any atom is 0.303 e. The minimum Gasteiger partial charge on any atom is -0.494 e. The number of aromatic nitrogens is 1. The van der Waals surface area contributed by atoms with Crippen LogP contribution in [-0.2, 0) is 4.79 Å². The first kappa shape index (κ1) is 22.4. The van der Waals surface area contributed by atoms with Crippen molar-refractivity contribution in [2.75, 3.05) is 11.9 Å². The summed E-state index contributed by atoms with van der Waals surface area (Å²) in [6.07, 6.45) is 1.52. The predicted octanol–water partition coefficient (Wildman–Crippen LogP) is 6.50. The smallest absolute Gasteiger partial charge is 0.303 e. The molecular weight excluding hydrogens is 412 g/mol. The topological polar surface area (TPSA) is 71.5 Å². The van der Waals surface area contributed by atoms with Crippen LogP contribution in [0, 0.1) is 6.92 Å². The van der Waals surface area contributed by atoms with Gasteiger partial charge < -0.3 is 15.2 Å². The highest BCUT2D eigenvalue weighted by atomic mass is 35.5. The summed E-state index contributed by atoms with van der Waals surface area (Å²) in [7, 11) is 0. The number of halogens is 1. The molecule has 0 bridgehead atoms. The summed E-state index contributed by atoms with van der Waals surface area (Å²) in [6.45, 7) is 2.59. The third-order valence-electron chi connectivity index (χ3n) is 5.09. The molecule has 0 aliphatic carbocycles. The molecule has 6 heteroatoms. The number of hydrogen-bond donors (Lipinski definition) is 2. The van der Waals surface area contributed by atoms with E-state index in [-0.39, 0.29) is 18.8 Å². The van der Waals surface area contributed by atoms with Crippen molar-refractivity contribution in [1.29, 1.82) is 0 Å². The summed E-state index contributed by atoms with van der Waals surface area (Å²) in [4.78, 5) is 15.4. The van der Waals surface area contributed by atoms with E-state index in [2.05, 4.69) is 36.5 Å². The molecule has 0 saturated heterocycles. The monoisotopic (exact) mass is 436 g/mol. The Morgan fingerprint density at radius 3 is 2.48 bits per heavy atom. The van der Waals surface area contributed by atoms with Crippen molar-refractivity contribution in [2.24, 2.45) is 0 Å². The van der Waals surface area contributed by atoms with Crippen molar-refractivity contribution in [3.05, 3.63) is 72.3 Å². The Morgan fingerprint density at radius 2 is 1.71 bits per heavy atom. The van der Waals surface area contributed by atoms with Gasteiger partial charge in [-0.15, -0.1) is 12.4 Å². The molecule has 1 heterocycles. The van der Waals surface area contributed by atoms with E-state index in [0.717, 1.165) is 50.9 Å². The number of aliphatic carboxylic acids is 1. The minimum atomic E-state index is -0.767. The molecule has 0 radical (unpaired) electrons. The molecule has 0 fully saturated rings. The first-order valence-corrected chi connectivity index (χ1v) is 10.1. The van der Waals surface area contributed by atoms with Crippen molar-refractivity contribution >= 4 is 51.6 Å². The van der Waals surface area contributed by atoms with Gasteiger partial charge in [-0.1, -0.05) is 36.4 Å². The fraction of sp³-hybridized carbons (Fsp3) is 0.200. The van der Waals surface area contributed by atoms with E-state index >= 15 is 0 Å². The van der Waals surface area contributed by atoms with E-state index in [0.29, 0.717) is 13.0 Å². The standard InChI is InChI=1S/C25H24N2O3.ClH/c1-17-7-6-9-21-24(17)27-22-10-3-2-8-20(22)25(21)26-18-12-14-19(15-13-18)30-16-5-4-11-23(28)29;/h2-3,6-10,12-15H,4-5,11,16H2,1H3,(H,26,27)(H,28,29);1H. The van der Waals surface area contributed by atoms with Crippen molar-refractivity contribution in [2.45, 2.75) is 26.2 Å². The van der Waals surface area contributed by atoms with Crippen molar-refractivity contribution in [1.82, 2.24) is 4.98 Å². The molecule has 0 atom stereocenters. The normalized spacial score (nSPS) is 10.6. The first-order valence-electron chi connectivity index (χ1n) is 10.1. The van der Waals surface area contributed by atoms with Crippen LogP contribution >= 0.6 is 12.4 Å². The molecule has 5 nitrogen and oxygen atoms in total. The Hall–Kier alpha value is -3.31. The lowest BCUT2D eigenvalue weighted by molar-refractivity contribution is -0.137. The van der Waals surface area contributed by atoms with E-state index in [9.17, 15) is 4.79 Å². The molecule has 0 unspecified atom stereocenters.